The molecule has 0 aromatic heterocycles. The quantitative estimate of drug-likeness (QED) is 0.492. The zero-order valence-corrected chi connectivity index (χ0v) is 24.0. The summed E-state index contributed by atoms with van der Waals surface area (Å²) in [6, 6.07) is 5.26. The van der Waals surface area contributed by atoms with Crippen LogP contribution >= 0.6 is 11.8 Å². The van der Waals surface area contributed by atoms with Crippen LogP contribution in [0.25, 0.3) is 0 Å². The maximum absolute atomic E-state index is 14.5. The number of Topliss-reactive ketones (excluding diaryl/α,β-unsaturated/α-hetero) is 1. The van der Waals surface area contributed by atoms with Crippen LogP contribution in [0.1, 0.15) is 53.9 Å². The lowest BCUT2D eigenvalue weighted by Gasteiger charge is -2.37. The van der Waals surface area contributed by atoms with Crippen LogP contribution in [0.4, 0.5) is 5.69 Å². The number of thioether (sulfide) groups is 1. The van der Waals surface area contributed by atoms with Crippen molar-refractivity contribution in [1.29, 1.82) is 0 Å². The normalized spacial score (nSPS) is 27.1. The maximum Gasteiger partial charge on any atom is 0.249 e. The number of benzene rings is 1. The SMILES string of the molecule is COCCN1CCN(c2ccc(C(N)=O)c([C@@H](C(=O)N3C[C@H](SC)[C@H]4OCC(=O)[C@H]43)C3CCCCC3)c2)CC1. The van der Waals surface area contributed by atoms with Gasteiger partial charge in [-0.3, -0.25) is 19.3 Å². The molecule has 4 aliphatic rings. The Bertz CT molecular complexity index is 1060. The third-order valence-corrected chi connectivity index (χ3v) is 10.1. The first-order chi connectivity index (χ1) is 18.9. The number of fused-ring (bicyclic) bond motifs is 1. The predicted molar refractivity (Wildman–Crippen MR) is 152 cm³/mol. The van der Waals surface area contributed by atoms with Crippen molar-refractivity contribution in [2.45, 2.75) is 55.4 Å². The van der Waals surface area contributed by atoms with Gasteiger partial charge in [0.25, 0.3) is 0 Å². The van der Waals surface area contributed by atoms with Crippen molar-refractivity contribution in [3.63, 3.8) is 0 Å². The molecule has 2 N–H and O–H groups in total. The Labute approximate surface area is 235 Å². The lowest BCUT2D eigenvalue weighted by molar-refractivity contribution is -0.139. The van der Waals surface area contributed by atoms with Crippen LogP contribution in [-0.2, 0) is 19.1 Å². The van der Waals surface area contributed by atoms with Crippen LogP contribution in [0.2, 0.25) is 0 Å². The molecule has 9 nitrogen and oxygen atoms in total. The van der Waals surface area contributed by atoms with Crippen molar-refractivity contribution in [3.05, 3.63) is 29.3 Å². The molecule has 3 aliphatic heterocycles. The van der Waals surface area contributed by atoms with Crippen LogP contribution in [0.3, 0.4) is 0 Å². The van der Waals surface area contributed by atoms with Gasteiger partial charge in [0.15, 0.2) is 5.78 Å². The highest BCUT2D eigenvalue weighted by atomic mass is 32.2. The fourth-order valence-corrected chi connectivity index (χ4v) is 7.77. The molecule has 4 atom stereocenters. The molecule has 1 aliphatic carbocycles. The molecule has 1 saturated carbocycles. The van der Waals surface area contributed by atoms with E-state index < -0.39 is 17.9 Å². The molecular weight excluding hydrogens is 516 g/mol. The predicted octanol–water partition coefficient (Wildman–Crippen LogP) is 2.13. The molecule has 0 bridgehead atoms. The van der Waals surface area contributed by atoms with E-state index in [-0.39, 0.29) is 35.6 Å². The van der Waals surface area contributed by atoms with Crippen LogP contribution in [-0.4, -0.2) is 111 Å². The number of primary amides is 1. The summed E-state index contributed by atoms with van der Waals surface area (Å²) < 4.78 is 11.1. The van der Waals surface area contributed by atoms with Gasteiger partial charge in [-0.1, -0.05) is 19.3 Å². The molecule has 1 aromatic carbocycles. The first-order valence-electron chi connectivity index (χ1n) is 14.3. The van der Waals surface area contributed by atoms with Gasteiger partial charge in [-0.15, -0.1) is 0 Å². The molecule has 1 aromatic rings. The first-order valence-corrected chi connectivity index (χ1v) is 15.6. The third-order valence-electron chi connectivity index (χ3n) is 9.10. The Hall–Kier alpha value is -2.14. The highest BCUT2D eigenvalue weighted by molar-refractivity contribution is 7.99. The van der Waals surface area contributed by atoms with Gasteiger partial charge in [-0.05, 0) is 48.8 Å². The summed E-state index contributed by atoms with van der Waals surface area (Å²) in [7, 11) is 1.72. The van der Waals surface area contributed by atoms with Crippen molar-refractivity contribution in [3.8, 4) is 0 Å². The van der Waals surface area contributed by atoms with Crippen molar-refractivity contribution in [2.24, 2.45) is 11.7 Å². The van der Waals surface area contributed by atoms with E-state index in [9.17, 15) is 14.4 Å². The molecule has 3 heterocycles. The second-order valence-electron chi connectivity index (χ2n) is 11.3. The average molecular weight is 559 g/mol. The van der Waals surface area contributed by atoms with Gasteiger partial charge in [-0.25, -0.2) is 0 Å². The number of nitrogens with two attached hydrogens (primary N) is 1. The standard InChI is InChI=1S/C29H42N4O5S/c1-37-15-14-31-10-12-32(13-11-31)20-8-9-21(28(30)35)22(16-20)25(19-6-4-3-5-7-19)29(36)33-17-24(39-2)27-26(33)23(34)18-38-27/h8-9,16,19,24-27H,3-7,10-15,17-18H2,1-2H3,(H2,30,35)/t24-,25-,26+,27+/m0/s1. The number of carbonyl (C=O) groups is 3. The molecule has 5 rings (SSSR count). The van der Waals surface area contributed by atoms with Gasteiger partial charge in [0, 0.05) is 57.6 Å². The summed E-state index contributed by atoms with van der Waals surface area (Å²) in [6.45, 7) is 5.74. The monoisotopic (exact) mass is 558 g/mol. The minimum atomic E-state index is -0.540. The highest BCUT2D eigenvalue weighted by Gasteiger charge is 2.53. The van der Waals surface area contributed by atoms with E-state index in [0.717, 1.165) is 70.5 Å². The highest BCUT2D eigenvalue weighted by Crippen LogP contribution is 2.43. The van der Waals surface area contributed by atoms with Gasteiger partial charge < -0.3 is 25.0 Å². The summed E-state index contributed by atoms with van der Waals surface area (Å²) in [5, 5.41) is 0.0637. The molecule has 214 valence electrons. The van der Waals surface area contributed by atoms with Gasteiger partial charge in [-0.2, -0.15) is 11.8 Å². The lowest BCUT2D eigenvalue weighted by atomic mass is 9.74. The molecule has 0 radical (unpaired) electrons. The van der Waals surface area contributed by atoms with E-state index in [1.54, 1.807) is 29.8 Å². The summed E-state index contributed by atoms with van der Waals surface area (Å²) >= 11 is 1.65. The Morgan fingerprint density at radius 3 is 2.56 bits per heavy atom. The number of likely N-dealkylation sites (tertiary alicyclic amines) is 1. The fraction of sp³-hybridized carbons (Fsp3) is 0.690. The van der Waals surface area contributed by atoms with E-state index in [2.05, 4.69) is 9.80 Å². The van der Waals surface area contributed by atoms with Crippen LogP contribution in [0, 0.1) is 5.92 Å². The van der Waals surface area contributed by atoms with Crippen LogP contribution in [0.15, 0.2) is 18.2 Å². The molecule has 2 amide bonds. The van der Waals surface area contributed by atoms with Gasteiger partial charge in [0.1, 0.15) is 12.6 Å². The summed E-state index contributed by atoms with van der Waals surface area (Å²) in [5.74, 6) is -1.00. The number of amides is 2. The molecule has 10 heteroatoms. The lowest BCUT2D eigenvalue weighted by Crippen LogP contribution is -2.47. The number of piperazine rings is 1. The molecular formula is C29H42N4O5S. The molecule has 0 unspecified atom stereocenters. The number of hydrogen-bond donors (Lipinski definition) is 1. The second kappa shape index (κ2) is 12.6. The van der Waals surface area contributed by atoms with Gasteiger partial charge in [0.05, 0.1) is 23.9 Å². The topological polar surface area (TPSA) is 105 Å². The minimum absolute atomic E-state index is 0.0255. The van der Waals surface area contributed by atoms with Crippen molar-refractivity contribution in [2.75, 3.05) is 70.7 Å². The third kappa shape index (κ3) is 5.85. The van der Waals surface area contributed by atoms with Gasteiger partial charge in [0.2, 0.25) is 11.8 Å². The smallest absolute Gasteiger partial charge is 0.249 e. The molecule has 39 heavy (non-hydrogen) atoms. The Balaban J connectivity index is 1.48. The number of rotatable bonds is 9. The van der Waals surface area contributed by atoms with Crippen molar-refractivity contribution >= 4 is 35.0 Å². The number of nitrogens with zero attached hydrogens (tertiary/aromatic N) is 3. The van der Waals surface area contributed by atoms with E-state index in [1.165, 1.54) is 0 Å². The largest absolute Gasteiger partial charge is 0.383 e. The van der Waals surface area contributed by atoms with Gasteiger partial charge >= 0.3 is 0 Å². The number of anilines is 1. The van der Waals surface area contributed by atoms with E-state index in [0.29, 0.717) is 24.3 Å². The van der Waals surface area contributed by atoms with Crippen LogP contribution < -0.4 is 10.6 Å². The number of ether oxygens (including phenoxy) is 2. The fourth-order valence-electron chi connectivity index (χ4n) is 6.96. The Morgan fingerprint density at radius 1 is 1.15 bits per heavy atom. The molecule has 0 spiro atoms. The van der Waals surface area contributed by atoms with E-state index >= 15 is 0 Å². The van der Waals surface area contributed by atoms with Crippen molar-refractivity contribution in [1.82, 2.24) is 9.80 Å². The Kier molecular flexibility index (Phi) is 9.16. The van der Waals surface area contributed by atoms with Crippen molar-refractivity contribution < 1.29 is 23.9 Å². The number of ketones is 1. The average Bonchev–Trinajstić information content (AvgIpc) is 3.53. The maximum atomic E-state index is 14.5. The zero-order valence-electron chi connectivity index (χ0n) is 23.2. The second-order valence-corrected chi connectivity index (χ2v) is 12.4. The number of hydrogen-bond acceptors (Lipinski definition) is 8. The van der Waals surface area contributed by atoms with Crippen LogP contribution in [0.5, 0.6) is 0 Å². The zero-order chi connectivity index (χ0) is 27.5. The molecule has 4 fully saturated rings. The first kappa shape index (κ1) is 28.4. The summed E-state index contributed by atoms with van der Waals surface area (Å²) in [6.07, 6.45) is 6.87. The number of methoxy groups -OCH3 is 1. The minimum Gasteiger partial charge on any atom is -0.383 e. The van der Waals surface area contributed by atoms with E-state index in [1.807, 2.05) is 18.4 Å². The number of carbonyl (C=O) groups excluding carboxylic acids is 3. The van der Waals surface area contributed by atoms with E-state index in [4.69, 9.17) is 15.2 Å². The summed E-state index contributed by atoms with van der Waals surface area (Å²) in [4.78, 5) is 46.6. The molecule has 3 saturated heterocycles. The summed E-state index contributed by atoms with van der Waals surface area (Å²) in [5.41, 5.74) is 8.04. The Morgan fingerprint density at radius 2 is 1.90 bits per heavy atom.